The number of carboxylic acid groups (broad SMARTS) is 1. The van der Waals surface area contributed by atoms with Crippen LogP contribution >= 0.6 is 11.3 Å². The lowest BCUT2D eigenvalue weighted by Gasteiger charge is -2.38. The fourth-order valence-corrected chi connectivity index (χ4v) is 4.53. The van der Waals surface area contributed by atoms with Gasteiger partial charge in [0.1, 0.15) is 0 Å². The fourth-order valence-electron chi connectivity index (χ4n) is 3.41. The molecule has 0 bridgehead atoms. The van der Waals surface area contributed by atoms with Crippen LogP contribution in [0.1, 0.15) is 24.0 Å². The molecule has 2 aromatic heterocycles. The first-order valence-corrected chi connectivity index (χ1v) is 9.17. The number of carbonyl (C=O) groups is 1. The summed E-state index contributed by atoms with van der Waals surface area (Å²) in [4.78, 5) is 18.9. The lowest BCUT2D eigenvalue weighted by Crippen LogP contribution is -2.51. The number of aliphatic carboxylic acids is 1. The first-order chi connectivity index (χ1) is 12.0. The van der Waals surface area contributed by atoms with Crippen LogP contribution in [0.4, 0.5) is 5.13 Å². The summed E-state index contributed by atoms with van der Waals surface area (Å²) in [6, 6.07) is 6.26. The zero-order valence-electron chi connectivity index (χ0n) is 14.3. The molecule has 0 saturated carbocycles. The summed E-state index contributed by atoms with van der Waals surface area (Å²) in [6.45, 7) is 5.32. The third-order valence-corrected chi connectivity index (χ3v) is 6.02. The van der Waals surface area contributed by atoms with Crippen molar-refractivity contribution in [3.8, 4) is 0 Å². The second-order valence-electron chi connectivity index (χ2n) is 6.75. The molecule has 1 saturated heterocycles. The quantitative estimate of drug-likeness (QED) is 0.780. The number of anilines is 1. The van der Waals surface area contributed by atoms with Gasteiger partial charge in [-0.15, -0.1) is 0 Å². The Labute approximate surface area is 149 Å². The van der Waals surface area contributed by atoms with Gasteiger partial charge < -0.3 is 10.0 Å². The number of thiazole rings is 1. The molecule has 0 unspecified atom stereocenters. The summed E-state index contributed by atoms with van der Waals surface area (Å²) < 4.78 is 2.80. The van der Waals surface area contributed by atoms with Crippen molar-refractivity contribution in [2.75, 3.05) is 18.0 Å². The highest BCUT2D eigenvalue weighted by Crippen LogP contribution is 2.36. The molecule has 0 amide bonds. The summed E-state index contributed by atoms with van der Waals surface area (Å²) in [5, 5.41) is 15.1. The van der Waals surface area contributed by atoms with Crippen LogP contribution in [-0.4, -0.2) is 38.9 Å². The predicted octanol–water partition coefficient (Wildman–Crippen LogP) is 3.19. The molecule has 1 aromatic carbocycles. The largest absolute Gasteiger partial charge is 0.479 e. The number of hydrogen-bond acceptors (Lipinski definition) is 5. The van der Waals surface area contributed by atoms with Gasteiger partial charge in [0.2, 0.25) is 0 Å². The maximum atomic E-state index is 12.0. The topological polar surface area (TPSA) is 71.2 Å². The van der Waals surface area contributed by atoms with E-state index in [4.69, 9.17) is 4.98 Å². The molecule has 6 nitrogen and oxygen atoms in total. The van der Waals surface area contributed by atoms with Gasteiger partial charge in [-0.2, -0.15) is 5.10 Å². The maximum Gasteiger partial charge on any atom is 0.331 e. The van der Waals surface area contributed by atoms with Crippen molar-refractivity contribution in [1.82, 2.24) is 14.8 Å². The molecule has 4 rings (SSSR count). The zero-order valence-corrected chi connectivity index (χ0v) is 15.1. The Kier molecular flexibility index (Phi) is 3.76. The number of benzene rings is 1. The SMILES string of the molecule is Cc1ccc2nc(N3CCC(C(=O)O)(n4cc(C)cn4)CC3)sc2c1. The van der Waals surface area contributed by atoms with Crippen molar-refractivity contribution in [2.24, 2.45) is 0 Å². The van der Waals surface area contributed by atoms with E-state index in [0.717, 1.165) is 16.2 Å². The summed E-state index contributed by atoms with van der Waals surface area (Å²) >= 11 is 1.67. The van der Waals surface area contributed by atoms with Gasteiger partial charge in [-0.25, -0.2) is 9.78 Å². The number of piperidine rings is 1. The molecule has 1 aliphatic rings. The highest BCUT2D eigenvalue weighted by molar-refractivity contribution is 7.22. The monoisotopic (exact) mass is 356 g/mol. The van der Waals surface area contributed by atoms with E-state index in [1.807, 2.05) is 19.2 Å². The molecule has 130 valence electrons. The average Bonchev–Trinajstić information content (AvgIpc) is 3.20. The van der Waals surface area contributed by atoms with Gasteiger partial charge in [0.05, 0.1) is 16.4 Å². The lowest BCUT2D eigenvalue weighted by molar-refractivity contribution is -0.149. The van der Waals surface area contributed by atoms with Gasteiger partial charge in [-0.05, 0) is 37.1 Å². The molecule has 25 heavy (non-hydrogen) atoms. The Balaban J connectivity index is 1.59. The van der Waals surface area contributed by atoms with E-state index in [1.54, 1.807) is 22.2 Å². The van der Waals surface area contributed by atoms with E-state index in [-0.39, 0.29) is 0 Å². The average molecular weight is 356 g/mol. The molecule has 3 heterocycles. The first kappa shape index (κ1) is 16.1. The zero-order chi connectivity index (χ0) is 17.6. The molecular formula is C18H20N4O2S. The van der Waals surface area contributed by atoms with Crippen molar-refractivity contribution in [3.05, 3.63) is 41.7 Å². The number of aromatic nitrogens is 3. The second-order valence-corrected chi connectivity index (χ2v) is 7.76. The second kappa shape index (κ2) is 5.84. The van der Waals surface area contributed by atoms with Crippen molar-refractivity contribution >= 4 is 32.7 Å². The van der Waals surface area contributed by atoms with Crippen LogP contribution in [0.5, 0.6) is 0 Å². The first-order valence-electron chi connectivity index (χ1n) is 8.35. The molecular weight excluding hydrogens is 336 g/mol. The molecule has 0 aliphatic carbocycles. The third kappa shape index (κ3) is 2.68. The molecule has 0 radical (unpaired) electrons. The minimum Gasteiger partial charge on any atom is -0.479 e. The maximum absolute atomic E-state index is 12.0. The van der Waals surface area contributed by atoms with Gasteiger partial charge in [0, 0.05) is 32.1 Å². The van der Waals surface area contributed by atoms with Crippen molar-refractivity contribution in [1.29, 1.82) is 0 Å². The Morgan fingerprint density at radius 1 is 1.24 bits per heavy atom. The molecule has 3 aromatic rings. The Morgan fingerprint density at radius 3 is 2.64 bits per heavy atom. The van der Waals surface area contributed by atoms with Crippen LogP contribution in [0.3, 0.4) is 0 Å². The van der Waals surface area contributed by atoms with Gasteiger partial charge >= 0.3 is 5.97 Å². The fraction of sp³-hybridized carbons (Fsp3) is 0.389. The van der Waals surface area contributed by atoms with Crippen LogP contribution in [0.15, 0.2) is 30.6 Å². The van der Waals surface area contributed by atoms with Crippen molar-refractivity contribution in [2.45, 2.75) is 32.2 Å². The smallest absolute Gasteiger partial charge is 0.331 e. The number of rotatable bonds is 3. The van der Waals surface area contributed by atoms with Gasteiger partial charge in [0.25, 0.3) is 0 Å². The van der Waals surface area contributed by atoms with E-state index in [9.17, 15) is 9.90 Å². The summed E-state index contributed by atoms with van der Waals surface area (Å²) in [7, 11) is 0. The highest BCUT2D eigenvalue weighted by Gasteiger charge is 2.44. The minimum absolute atomic E-state index is 0.512. The molecule has 7 heteroatoms. The summed E-state index contributed by atoms with van der Waals surface area (Å²) in [5.74, 6) is -0.810. The van der Waals surface area contributed by atoms with Crippen LogP contribution in [0.25, 0.3) is 10.2 Å². The van der Waals surface area contributed by atoms with Gasteiger partial charge in [-0.3, -0.25) is 4.68 Å². The van der Waals surface area contributed by atoms with E-state index in [0.29, 0.717) is 25.9 Å². The molecule has 0 spiro atoms. The predicted molar refractivity (Wildman–Crippen MR) is 98.4 cm³/mol. The Hall–Kier alpha value is -2.41. The number of carboxylic acids is 1. The molecule has 1 aliphatic heterocycles. The van der Waals surface area contributed by atoms with Crippen LogP contribution < -0.4 is 4.90 Å². The highest BCUT2D eigenvalue weighted by atomic mass is 32.1. The standard InChI is InChI=1S/C18H20N4O2S/c1-12-3-4-14-15(9-12)25-17(20-14)21-7-5-18(6-8-21,16(23)24)22-11-13(2)10-19-22/h3-4,9-11H,5-8H2,1-2H3,(H,23,24). The molecule has 1 N–H and O–H groups in total. The van der Waals surface area contributed by atoms with E-state index in [1.165, 1.54) is 10.3 Å². The van der Waals surface area contributed by atoms with Gasteiger partial charge in [0.15, 0.2) is 10.7 Å². The van der Waals surface area contributed by atoms with E-state index >= 15 is 0 Å². The minimum atomic E-state index is -0.960. The Bertz CT molecular complexity index is 938. The van der Waals surface area contributed by atoms with E-state index < -0.39 is 11.5 Å². The molecule has 0 atom stereocenters. The normalized spacial score (nSPS) is 17.1. The number of aryl methyl sites for hydroxylation is 2. The van der Waals surface area contributed by atoms with Crippen LogP contribution in [0.2, 0.25) is 0 Å². The summed E-state index contributed by atoms with van der Waals surface area (Å²) in [6.07, 6.45) is 4.56. The van der Waals surface area contributed by atoms with Crippen molar-refractivity contribution in [3.63, 3.8) is 0 Å². The number of fused-ring (bicyclic) bond motifs is 1. The lowest BCUT2D eigenvalue weighted by atomic mass is 9.88. The van der Waals surface area contributed by atoms with Gasteiger partial charge in [-0.1, -0.05) is 17.4 Å². The molecule has 1 fully saturated rings. The van der Waals surface area contributed by atoms with Crippen LogP contribution in [-0.2, 0) is 10.3 Å². The number of nitrogens with zero attached hydrogens (tertiary/aromatic N) is 4. The third-order valence-electron chi connectivity index (χ3n) is 4.94. The van der Waals surface area contributed by atoms with E-state index in [2.05, 4.69) is 29.1 Å². The van der Waals surface area contributed by atoms with Crippen LogP contribution in [0, 0.1) is 13.8 Å². The number of hydrogen-bond donors (Lipinski definition) is 1. The van der Waals surface area contributed by atoms with Crippen molar-refractivity contribution < 1.29 is 9.90 Å². The Morgan fingerprint density at radius 2 is 2.00 bits per heavy atom. The summed E-state index contributed by atoms with van der Waals surface area (Å²) in [5.41, 5.74) is 2.24.